The molecular weight excluding hydrogens is 658 g/mol. The second kappa shape index (κ2) is 15.4. The van der Waals surface area contributed by atoms with Crippen LogP contribution < -0.4 is 20.1 Å². The van der Waals surface area contributed by atoms with E-state index in [2.05, 4.69) is 48.7 Å². The summed E-state index contributed by atoms with van der Waals surface area (Å²) in [6, 6.07) is 21.3. The summed E-state index contributed by atoms with van der Waals surface area (Å²) in [5, 5.41) is 39.3. The Kier molecular flexibility index (Phi) is 10.8. The number of β-amino-alcohol motifs (C(OH)–C–C–N with tert-alkyl or cyclic N) is 1. The van der Waals surface area contributed by atoms with Crippen LogP contribution in [-0.4, -0.2) is 89.9 Å². The number of amides is 1. The van der Waals surface area contributed by atoms with Crippen molar-refractivity contribution in [2.24, 2.45) is 11.8 Å². The second-order valence-corrected chi connectivity index (χ2v) is 16.4. The van der Waals surface area contributed by atoms with Crippen molar-refractivity contribution >= 4 is 11.6 Å². The van der Waals surface area contributed by atoms with Gasteiger partial charge >= 0.3 is 0 Å². The minimum Gasteiger partial charge on any atom is -0.508 e. The van der Waals surface area contributed by atoms with Crippen LogP contribution in [0.15, 0.2) is 66.7 Å². The Morgan fingerprint density at radius 3 is 2.48 bits per heavy atom. The molecule has 10 heteroatoms. The van der Waals surface area contributed by atoms with Crippen molar-refractivity contribution in [3.63, 3.8) is 0 Å². The lowest BCUT2D eigenvalue weighted by Gasteiger charge is -2.52. The van der Waals surface area contributed by atoms with Gasteiger partial charge in [-0.05, 0) is 68.4 Å². The molecule has 280 valence electrons. The van der Waals surface area contributed by atoms with Gasteiger partial charge in [-0.25, -0.2) is 0 Å². The Labute approximate surface area is 307 Å². The molecule has 5 N–H and O–H groups in total. The summed E-state index contributed by atoms with van der Waals surface area (Å²) in [5.74, 6) is 1.70. The molecule has 52 heavy (non-hydrogen) atoms. The van der Waals surface area contributed by atoms with E-state index in [1.54, 1.807) is 0 Å². The highest BCUT2D eigenvalue weighted by Crippen LogP contribution is 2.43. The molecule has 3 aromatic carbocycles. The number of aliphatic hydroxyl groups is 2. The lowest BCUT2D eigenvalue weighted by Crippen LogP contribution is -2.65. The van der Waals surface area contributed by atoms with Gasteiger partial charge in [0.2, 0.25) is 0 Å². The minimum absolute atomic E-state index is 0.0504. The third kappa shape index (κ3) is 8.26. The lowest BCUT2D eigenvalue weighted by molar-refractivity contribution is -0.946. The van der Waals surface area contributed by atoms with Gasteiger partial charge in [-0.15, -0.1) is 0 Å². The molecule has 3 saturated heterocycles. The molecule has 1 saturated carbocycles. The number of nitrogens with zero attached hydrogens (tertiary/aromatic N) is 1. The van der Waals surface area contributed by atoms with Crippen molar-refractivity contribution < 1.29 is 38.8 Å². The fourth-order valence-corrected chi connectivity index (χ4v) is 9.10. The molecule has 4 heterocycles. The molecule has 2 bridgehead atoms. The van der Waals surface area contributed by atoms with Crippen LogP contribution in [0, 0.1) is 11.8 Å². The molecule has 1 aliphatic carbocycles. The maximum Gasteiger partial charge on any atom is 0.262 e. The van der Waals surface area contributed by atoms with Crippen LogP contribution in [0.4, 0.5) is 5.69 Å². The fraction of sp³-hybridized carbons (Fsp3) is 0.548. The lowest BCUT2D eigenvalue weighted by atomic mass is 9.80. The van der Waals surface area contributed by atoms with E-state index in [0.29, 0.717) is 36.1 Å². The Morgan fingerprint density at radius 1 is 1.02 bits per heavy atom. The molecule has 0 aromatic heterocycles. The van der Waals surface area contributed by atoms with E-state index >= 15 is 0 Å². The molecule has 0 unspecified atom stereocenters. The standard InChI is InChI=1S/C42H55N3O7/c1-41(2,43-25-37(47)35-22-33(46)23-36-40(35)51-27-39(48)44-36)24-29-12-14-34(15-13-29)50-21-20-45-18-16-30(17-19-45)38(26-45)52-28-42(49,32-10-6-7-11-32)31-8-4-3-5-9-31/h3-5,8-9,12-15,22-23,30,32,37-38,43,47,49H,6-7,10-11,16-21,24-28H2,1-2H3,(H-,44,46,48)/p+1/t30?,37-,38-,42+,45?/m1/s1. The van der Waals surface area contributed by atoms with Gasteiger partial charge in [-0.3, -0.25) is 4.79 Å². The average Bonchev–Trinajstić information content (AvgIpc) is 3.70. The summed E-state index contributed by atoms with van der Waals surface area (Å²) >= 11 is 0. The van der Waals surface area contributed by atoms with Crippen molar-refractivity contribution in [3.8, 4) is 17.2 Å². The monoisotopic (exact) mass is 714 g/mol. The van der Waals surface area contributed by atoms with Crippen LogP contribution >= 0.6 is 0 Å². The van der Waals surface area contributed by atoms with E-state index < -0.39 is 11.7 Å². The van der Waals surface area contributed by atoms with Gasteiger partial charge in [0.1, 0.15) is 48.6 Å². The highest BCUT2D eigenvalue weighted by molar-refractivity contribution is 5.96. The predicted molar refractivity (Wildman–Crippen MR) is 199 cm³/mol. The van der Waals surface area contributed by atoms with Gasteiger partial charge < -0.3 is 44.6 Å². The third-order valence-electron chi connectivity index (χ3n) is 12.1. The minimum atomic E-state index is -0.945. The first kappa shape index (κ1) is 36.7. The Morgan fingerprint density at radius 2 is 1.75 bits per heavy atom. The number of hydrogen-bond donors (Lipinski definition) is 5. The molecule has 10 nitrogen and oxygen atoms in total. The summed E-state index contributed by atoms with van der Waals surface area (Å²) in [5.41, 5.74) is 1.65. The summed E-state index contributed by atoms with van der Waals surface area (Å²) in [7, 11) is 0. The number of aromatic hydroxyl groups is 1. The first-order chi connectivity index (χ1) is 25.0. The van der Waals surface area contributed by atoms with Gasteiger partial charge in [0.15, 0.2) is 6.61 Å². The number of phenolic OH excluding ortho intramolecular Hbond substituents is 1. The third-order valence-corrected chi connectivity index (χ3v) is 12.1. The SMILES string of the molecule is CC(C)(Cc1ccc(OCC[N+]23CCC(CC2)[C@H](OC[C@](O)(c2ccccc2)C2CCCC2)C3)cc1)NC[C@@H](O)c1cc(O)cc2c1OCC(=O)N2. The van der Waals surface area contributed by atoms with E-state index in [9.17, 15) is 20.1 Å². The highest BCUT2D eigenvalue weighted by atomic mass is 16.5. The van der Waals surface area contributed by atoms with Gasteiger partial charge in [0.25, 0.3) is 5.91 Å². The topological polar surface area (TPSA) is 130 Å². The van der Waals surface area contributed by atoms with E-state index in [-0.39, 0.29) is 42.4 Å². The largest absolute Gasteiger partial charge is 0.508 e. The van der Waals surface area contributed by atoms with E-state index in [0.717, 1.165) is 79.6 Å². The van der Waals surface area contributed by atoms with Crippen molar-refractivity contribution in [2.75, 3.05) is 57.9 Å². The zero-order valence-corrected chi connectivity index (χ0v) is 30.7. The van der Waals surface area contributed by atoms with Crippen molar-refractivity contribution in [1.29, 1.82) is 0 Å². The Balaban J connectivity index is 0.888. The van der Waals surface area contributed by atoms with Crippen LogP contribution in [0.3, 0.4) is 0 Å². The number of aliphatic hydroxyl groups excluding tert-OH is 1. The summed E-state index contributed by atoms with van der Waals surface area (Å²) < 4.78 is 19.6. The number of ether oxygens (including phenoxy) is 3. The zero-order chi connectivity index (χ0) is 36.3. The van der Waals surface area contributed by atoms with Gasteiger partial charge in [-0.2, -0.15) is 0 Å². The molecule has 8 rings (SSSR count). The smallest absolute Gasteiger partial charge is 0.262 e. The van der Waals surface area contributed by atoms with Crippen LogP contribution in [0.2, 0.25) is 0 Å². The first-order valence-corrected chi connectivity index (χ1v) is 19.2. The van der Waals surface area contributed by atoms with Gasteiger partial charge in [-0.1, -0.05) is 55.3 Å². The number of carbonyl (C=O) groups excluding carboxylic acids is 1. The van der Waals surface area contributed by atoms with Crippen LogP contribution in [-0.2, 0) is 21.6 Å². The van der Waals surface area contributed by atoms with Crippen molar-refractivity contribution in [2.45, 2.75) is 82.1 Å². The van der Waals surface area contributed by atoms with Gasteiger partial charge in [0, 0.05) is 42.5 Å². The Bertz CT molecular complexity index is 1670. The Hall–Kier alpha value is -3.67. The van der Waals surface area contributed by atoms with Crippen LogP contribution in [0.1, 0.15) is 75.2 Å². The number of benzene rings is 3. The normalized spacial score (nSPS) is 24.8. The number of carbonyl (C=O) groups is 1. The fourth-order valence-electron chi connectivity index (χ4n) is 9.10. The summed E-state index contributed by atoms with van der Waals surface area (Å²) in [6.45, 7) is 9.54. The van der Waals surface area contributed by atoms with Crippen LogP contribution in [0.25, 0.3) is 0 Å². The highest BCUT2D eigenvalue weighted by Gasteiger charge is 2.48. The summed E-state index contributed by atoms with van der Waals surface area (Å²) in [6.07, 6.45) is 6.75. The first-order valence-electron chi connectivity index (χ1n) is 19.2. The molecule has 4 fully saturated rings. The molecule has 3 aromatic rings. The number of piperidine rings is 3. The molecule has 3 atom stereocenters. The zero-order valence-electron chi connectivity index (χ0n) is 30.7. The number of quaternary nitrogens is 1. The van der Waals surface area contributed by atoms with Gasteiger partial charge in [0.05, 0.1) is 31.5 Å². The van der Waals surface area contributed by atoms with E-state index in [1.807, 2.05) is 30.3 Å². The number of phenols is 1. The molecule has 4 aliphatic heterocycles. The number of hydrogen-bond acceptors (Lipinski definition) is 8. The van der Waals surface area contributed by atoms with E-state index in [4.69, 9.17) is 14.2 Å². The number of fused-ring (bicyclic) bond motifs is 4. The predicted octanol–water partition coefficient (Wildman–Crippen LogP) is 5.45. The maximum absolute atomic E-state index is 12.1. The quantitative estimate of drug-likeness (QED) is 0.132. The molecule has 5 aliphatic rings. The maximum atomic E-state index is 12.1. The summed E-state index contributed by atoms with van der Waals surface area (Å²) in [4.78, 5) is 11.7. The number of rotatable bonds is 15. The van der Waals surface area contributed by atoms with Crippen molar-refractivity contribution in [3.05, 3.63) is 83.4 Å². The molecule has 0 spiro atoms. The van der Waals surface area contributed by atoms with Crippen molar-refractivity contribution in [1.82, 2.24) is 5.32 Å². The van der Waals surface area contributed by atoms with Crippen LogP contribution in [0.5, 0.6) is 17.2 Å². The molecular formula is C42H56N3O7+. The molecule has 0 radical (unpaired) electrons. The number of nitrogens with one attached hydrogen (secondary N) is 2. The average molecular weight is 715 g/mol. The molecule has 1 amide bonds. The number of anilines is 1. The van der Waals surface area contributed by atoms with E-state index in [1.165, 1.54) is 25.0 Å². The second-order valence-electron chi connectivity index (χ2n) is 16.4.